The highest BCUT2D eigenvalue weighted by Crippen LogP contribution is 2.24. The summed E-state index contributed by atoms with van der Waals surface area (Å²) in [6.07, 6.45) is 0. The maximum Gasteiger partial charge on any atom is -0.0181 e. The van der Waals surface area contributed by atoms with Crippen LogP contribution in [-0.4, -0.2) is 0 Å². The zero-order valence-corrected chi connectivity index (χ0v) is 12.2. The molecule has 0 unspecified atom stereocenters. The predicted octanol–water partition coefficient (Wildman–Crippen LogP) is 5.81. The number of hydrogen-bond acceptors (Lipinski definition) is 0. The SMILES string of the molecule is CC.Cc1cccc(-c2cccc(C(C)C)c2)c1. The Morgan fingerprint density at radius 2 is 1.33 bits per heavy atom. The van der Waals surface area contributed by atoms with E-state index in [9.17, 15) is 0 Å². The van der Waals surface area contributed by atoms with Crippen LogP contribution < -0.4 is 0 Å². The smallest absolute Gasteiger partial charge is 0.0181 e. The summed E-state index contributed by atoms with van der Waals surface area (Å²) in [5, 5.41) is 0. The summed E-state index contributed by atoms with van der Waals surface area (Å²) in [6.45, 7) is 10.6. The van der Waals surface area contributed by atoms with Crippen LogP contribution in [0.5, 0.6) is 0 Å². The van der Waals surface area contributed by atoms with Crippen LogP contribution in [0.2, 0.25) is 0 Å². The molecule has 0 nitrogen and oxygen atoms in total. The lowest BCUT2D eigenvalue weighted by molar-refractivity contribution is 0.867. The Morgan fingerprint density at radius 1 is 0.778 bits per heavy atom. The minimum absolute atomic E-state index is 0.588. The highest BCUT2D eigenvalue weighted by Gasteiger charge is 2.02. The molecule has 2 aromatic carbocycles. The Kier molecular flexibility index (Phi) is 5.64. The zero-order chi connectivity index (χ0) is 13.5. The molecule has 0 radical (unpaired) electrons. The van der Waals surface area contributed by atoms with Crippen LogP contribution in [0.25, 0.3) is 11.1 Å². The predicted molar refractivity (Wildman–Crippen MR) is 82.1 cm³/mol. The monoisotopic (exact) mass is 240 g/mol. The van der Waals surface area contributed by atoms with Crippen molar-refractivity contribution in [3.05, 3.63) is 59.7 Å². The van der Waals surface area contributed by atoms with Gasteiger partial charge in [-0.05, 0) is 29.5 Å². The minimum Gasteiger partial charge on any atom is -0.0683 e. The van der Waals surface area contributed by atoms with E-state index in [0.717, 1.165) is 0 Å². The molecule has 0 aromatic heterocycles. The van der Waals surface area contributed by atoms with E-state index < -0.39 is 0 Å². The molecule has 0 atom stereocenters. The van der Waals surface area contributed by atoms with Crippen molar-refractivity contribution in [3.8, 4) is 11.1 Å². The molecule has 0 aliphatic heterocycles. The number of rotatable bonds is 2. The molecule has 96 valence electrons. The van der Waals surface area contributed by atoms with Gasteiger partial charge in [-0.1, -0.05) is 81.8 Å². The third kappa shape index (κ3) is 3.73. The maximum absolute atomic E-state index is 2.29. The standard InChI is InChI=1S/C16H18.C2H6/c1-12(2)14-7-5-9-16(11-14)15-8-4-6-13(3)10-15;1-2/h4-12H,1-3H3;1-2H3. The van der Waals surface area contributed by atoms with E-state index in [2.05, 4.69) is 69.3 Å². The molecule has 0 spiro atoms. The van der Waals surface area contributed by atoms with Gasteiger partial charge in [-0.15, -0.1) is 0 Å². The lowest BCUT2D eigenvalue weighted by atomic mass is 9.97. The van der Waals surface area contributed by atoms with Gasteiger partial charge in [0.05, 0.1) is 0 Å². The molecule has 0 heterocycles. The summed E-state index contributed by atoms with van der Waals surface area (Å²) in [4.78, 5) is 0. The van der Waals surface area contributed by atoms with Crippen molar-refractivity contribution in [3.63, 3.8) is 0 Å². The van der Waals surface area contributed by atoms with E-state index in [0.29, 0.717) is 5.92 Å². The van der Waals surface area contributed by atoms with E-state index in [4.69, 9.17) is 0 Å². The topological polar surface area (TPSA) is 0 Å². The second kappa shape index (κ2) is 7.00. The molecule has 0 heteroatoms. The average molecular weight is 240 g/mol. The fourth-order valence-electron chi connectivity index (χ4n) is 1.90. The third-order valence-corrected chi connectivity index (χ3v) is 2.90. The van der Waals surface area contributed by atoms with Crippen LogP contribution >= 0.6 is 0 Å². The van der Waals surface area contributed by atoms with Gasteiger partial charge in [-0.25, -0.2) is 0 Å². The fourth-order valence-corrected chi connectivity index (χ4v) is 1.90. The van der Waals surface area contributed by atoms with Gasteiger partial charge >= 0.3 is 0 Å². The molecule has 0 aliphatic rings. The zero-order valence-electron chi connectivity index (χ0n) is 12.2. The van der Waals surface area contributed by atoms with Gasteiger partial charge in [0.1, 0.15) is 0 Å². The summed E-state index contributed by atoms with van der Waals surface area (Å²) >= 11 is 0. The van der Waals surface area contributed by atoms with Gasteiger partial charge < -0.3 is 0 Å². The molecular weight excluding hydrogens is 216 g/mol. The van der Waals surface area contributed by atoms with Crippen molar-refractivity contribution in [2.45, 2.75) is 40.5 Å². The van der Waals surface area contributed by atoms with Crippen LogP contribution in [0, 0.1) is 6.92 Å². The first-order valence-electron chi connectivity index (χ1n) is 6.84. The quantitative estimate of drug-likeness (QED) is 0.621. The molecular formula is C18H24. The maximum atomic E-state index is 2.29. The Morgan fingerprint density at radius 3 is 1.89 bits per heavy atom. The van der Waals surface area contributed by atoms with Gasteiger partial charge in [0.25, 0.3) is 0 Å². The lowest BCUT2D eigenvalue weighted by Crippen LogP contribution is -1.87. The van der Waals surface area contributed by atoms with E-state index in [1.165, 1.54) is 22.3 Å². The van der Waals surface area contributed by atoms with Crippen LogP contribution in [0.1, 0.15) is 44.7 Å². The fraction of sp³-hybridized carbons (Fsp3) is 0.333. The van der Waals surface area contributed by atoms with Gasteiger partial charge in [0.2, 0.25) is 0 Å². The highest BCUT2D eigenvalue weighted by molar-refractivity contribution is 5.65. The van der Waals surface area contributed by atoms with Crippen molar-refractivity contribution in [2.75, 3.05) is 0 Å². The Labute approximate surface area is 112 Å². The first-order valence-corrected chi connectivity index (χ1v) is 6.84. The lowest BCUT2D eigenvalue weighted by Gasteiger charge is -2.08. The molecule has 0 saturated heterocycles. The van der Waals surface area contributed by atoms with E-state index in [-0.39, 0.29) is 0 Å². The molecule has 0 bridgehead atoms. The van der Waals surface area contributed by atoms with Crippen LogP contribution in [-0.2, 0) is 0 Å². The van der Waals surface area contributed by atoms with Crippen molar-refractivity contribution < 1.29 is 0 Å². The van der Waals surface area contributed by atoms with E-state index >= 15 is 0 Å². The van der Waals surface area contributed by atoms with Crippen molar-refractivity contribution in [2.24, 2.45) is 0 Å². The number of hydrogen-bond donors (Lipinski definition) is 0. The Balaban J connectivity index is 0.000000771. The minimum atomic E-state index is 0.588. The first kappa shape index (κ1) is 14.5. The summed E-state index contributed by atoms with van der Waals surface area (Å²) in [5.74, 6) is 0.588. The second-order valence-corrected chi connectivity index (χ2v) is 4.65. The third-order valence-electron chi connectivity index (χ3n) is 2.90. The molecule has 18 heavy (non-hydrogen) atoms. The van der Waals surface area contributed by atoms with Crippen LogP contribution in [0.3, 0.4) is 0 Å². The molecule has 2 aromatic rings. The van der Waals surface area contributed by atoms with Crippen molar-refractivity contribution in [1.29, 1.82) is 0 Å². The van der Waals surface area contributed by atoms with E-state index in [1.54, 1.807) is 0 Å². The van der Waals surface area contributed by atoms with Crippen molar-refractivity contribution in [1.82, 2.24) is 0 Å². The average Bonchev–Trinajstić information content (AvgIpc) is 2.41. The first-order chi connectivity index (χ1) is 8.66. The van der Waals surface area contributed by atoms with Crippen LogP contribution in [0.4, 0.5) is 0 Å². The normalized spacial score (nSPS) is 9.89. The molecule has 2 rings (SSSR count). The van der Waals surface area contributed by atoms with Gasteiger partial charge in [-0.3, -0.25) is 0 Å². The second-order valence-electron chi connectivity index (χ2n) is 4.65. The summed E-state index contributed by atoms with van der Waals surface area (Å²) in [5.41, 5.74) is 5.34. The summed E-state index contributed by atoms with van der Waals surface area (Å²) in [6, 6.07) is 17.5. The summed E-state index contributed by atoms with van der Waals surface area (Å²) in [7, 11) is 0. The Hall–Kier alpha value is -1.56. The highest BCUT2D eigenvalue weighted by atomic mass is 14.1. The van der Waals surface area contributed by atoms with E-state index in [1.807, 2.05) is 13.8 Å². The molecule has 0 amide bonds. The summed E-state index contributed by atoms with van der Waals surface area (Å²) < 4.78 is 0. The Bertz CT molecular complexity index is 481. The van der Waals surface area contributed by atoms with Gasteiger partial charge in [-0.2, -0.15) is 0 Å². The van der Waals surface area contributed by atoms with Crippen molar-refractivity contribution >= 4 is 0 Å². The molecule has 0 fully saturated rings. The molecule has 0 N–H and O–H groups in total. The molecule has 0 aliphatic carbocycles. The largest absolute Gasteiger partial charge is 0.0683 e. The molecule has 0 saturated carbocycles. The van der Waals surface area contributed by atoms with Gasteiger partial charge in [0.15, 0.2) is 0 Å². The number of benzene rings is 2. The number of aryl methyl sites for hydroxylation is 1. The van der Waals surface area contributed by atoms with Crippen LogP contribution in [0.15, 0.2) is 48.5 Å². The van der Waals surface area contributed by atoms with Gasteiger partial charge in [0, 0.05) is 0 Å².